The van der Waals surface area contributed by atoms with Crippen LogP contribution in [0.25, 0.3) is 0 Å². The summed E-state index contributed by atoms with van der Waals surface area (Å²) in [4.78, 5) is 2.66. The number of hydrogen-bond donors (Lipinski definition) is 1. The van der Waals surface area contributed by atoms with Gasteiger partial charge in [0, 0.05) is 24.8 Å². The quantitative estimate of drug-likeness (QED) is 0.719. The van der Waals surface area contributed by atoms with Crippen molar-refractivity contribution in [3.8, 4) is 0 Å². The van der Waals surface area contributed by atoms with Crippen LogP contribution in [0, 0.1) is 12.8 Å². The minimum Gasteiger partial charge on any atom is -0.368 e. The molecule has 1 fully saturated rings. The molecule has 1 aromatic carbocycles. The normalized spacial score (nSPS) is 14.7. The van der Waals surface area contributed by atoms with E-state index in [2.05, 4.69) is 56.1 Å². The van der Waals surface area contributed by atoms with Crippen molar-refractivity contribution in [3.05, 3.63) is 29.3 Å². The summed E-state index contributed by atoms with van der Waals surface area (Å²) in [6, 6.07) is 7.77. The Morgan fingerprint density at radius 1 is 1.29 bits per heavy atom. The number of unbranched alkanes of at least 4 members (excludes halogenated alkanes) is 1. The molecule has 0 heterocycles. The van der Waals surface area contributed by atoms with Crippen LogP contribution in [0.3, 0.4) is 0 Å². The fraction of sp³-hybridized carbons (Fsp3) is 0.684. The van der Waals surface area contributed by atoms with E-state index in [0.29, 0.717) is 5.92 Å². The van der Waals surface area contributed by atoms with E-state index in [4.69, 9.17) is 0 Å². The molecule has 0 spiro atoms. The molecule has 0 amide bonds. The SMILES string of the molecule is CCCCN(c1ccc(C)cc1CNCC(C)C)C1CC1. The van der Waals surface area contributed by atoms with Gasteiger partial charge in [-0.2, -0.15) is 0 Å². The molecule has 1 aliphatic carbocycles. The Kier molecular flexibility index (Phi) is 6.10. The van der Waals surface area contributed by atoms with Gasteiger partial charge in [-0.1, -0.05) is 44.9 Å². The molecule has 0 radical (unpaired) electrons. The van der Waals surface area contributed by atoms with E-state index in [9.17, 15) is 0 Å². The Balaban J connectivity index is 2.11. The molecule has 0 saturated heterocycles. The van der Waals surface area contributed by atoms with Crippen molar-refractivity contribution in [1.29, 1.82) is 0 Å². The number of anilines is 1. The third-order valence-electron chi connectivity index (χ3n) is 4.15. The number of nitrogens with zero attached hydrogens (tertiary/aromatic N) is 1. The Bertz CT molecular complexity index is 435. The summed E-state index contributed by atoms with van der Waals surface area (Å²) in [6.07, 6.45) is 5.31. The van der Waals surface area contributed by atoms with Crippen molar-refractivity contribution in [3.63, 3.8) is 0 Å². The van der Waals surface area contributed by atoms with Gasteiger partial charge in [0.2, 0.25) is 0 Å². The molecular formula is C19H32N2. The zero-order valence-corrected chi connectivity index (χ0v) is 14.3. The second-order valence-electron chi connectivity index (χ2n) is 6.94. The molecule has 1 N–H and O–H groups in total. The van der Waals surface area contributed by atoms with Gasteiger partial charge in [0.1, 0.15) is 0 Å². The third kappa shape index (κ3) is 5.03. The summed E-state index contributed by atoms with van der Waals surface area (Å²) in [6.45, 7) is 12.3. The van der Waals surface area contributed by atoms with Crippen LogP contribution in [-0.2, 0) is 6.54 Å². The topological polar surface area (TPSA) is 15.3 Å². The maximum Gasteiger partial charge on any atom is 0.0414 e. The summed E-state index contributed by atoms with van der Waals surface area (Å²) in [5, 5.41) is 3.61. The second kappa shape index (κ2) is 7.84. The lowest BCUT2D eigenvalue weighted by Crippen LogP contribution is -2.29. The molecule has 0 aromatic heterocycles. The van der Waals surface area contributed by atoms with E-state index in [1.165, 1.54) is 49.0 Å². The molecular weight excluding hydrogens is 256 g/mol. The van der Waals surface area contributed by atoms with Gasteiger partial charge in [-0.15, -0.1) is 0 Å². The molecule has 0 bridgehead atoms. The first-order chi connectivity index (χ1) is 10.1. The maximum absolute atomic E-state index is 3.61. The van der Waals surface area contributed by atoms with Crippen LogP contribution in [0.2, 0.25) is 0 Å². The lowest BCUT2D eigenvalue weighted by molar-refractivity contribution is 0.551. The summed E-state index contributed by atoms with van der Waals surface area (Å²) in [5.41, 5.74) is 4.30. The maximum atomic E-state index is 3.61. The summed E-state index contributed by atoms with van der Waals surface area (Å²) < 4.78 is 0. The Labute approximate surface area is 130 Å². The molecule has 2 nitrogen and oxygen atoms in total. The first-order valence-electron chi connectivity index (χ1n) is 8.68. The van der Waals surface area contributed by atoms with Gasteiger partial charge >= 0.3 is 0 Å². The van der Waals surface area contributed by atoms with Crippen LogP contribution in [0.5, 0.6) is 0 Å². The van der Waals surface area contributed by atoms with Crippen molar-refractivity contribution < 1.29 is 0 Å². The first kappa shape index (κ1) is 16.4. The van der Waals surface area contributed by atoms with Gasteiger partial charge < -0.3 is 10.2 Å². The molecule has 1 aromatic rings. The number of aryl methyl sites for hydroxylation is 1. The Morgan fingerprint density at radius 2 is 2.05 bits per heavy atom. The smallest absolute Gasteiger partial charge is 0.0414 e. The van der Waals surface area contributed by atoms with Gasteiger partial charge in [0.15, 0.2) is 0 Å². The molecule has 0 unspecified atom stereocenters. The molecule has 0 atom stereocenters. The van der Waals surface area contributed by atoms with Gasteiger partial charge in [-0.3, -0.25) is 0 Å². The van der Waals surface area contributed by atoms with E-state index in [1.54, 1.807) is 0 Å². The monoisotopic (exact) mass is 288 g/mol. The number of hydrogen-bond acceptors (Lipinski definition) is 2. The van der Waals surface area contributed by atoms with E-state index in [0.717, 1.165) is 19.1 Å². The Hall–Kier alpha value is -1.02. The van der Waals surface area contributed by atoms with Crippen molar-refractivity contribution in [2.24, 2.45) is 5.92 Å². The standard InChI is InChI=1S/C19H32N2/c1-5-6-11-21(18-8-9-18)19-10-7-16(4)12-17(19)14-20-13-15(2)3/h7,10,12,15,18,20H,5-6,8-9,11,13-14H2,1-4H3. The number of rotatable bonds is 9. The van der Waals surface area contributed by atoms with Crippen LogP contribution in [-0.4, -0.2) is 19.1 Å². The lowest BCUT2D eigenvalue weighted by atomic mass is 10.1. The average Bonchev–Trinajstić information content (AvgIpc) is 3.25. The molecule has 0 aliphatic heterocycles. The van der Waals surface area contributed by atoms with E-state index in [-0.39, 0.29) is 0 Å². The minimum absolute atomic E-state index is 0.706. The lowest BCUT2D eigenvalue weighted by Gasteiger charge is -2.28. The molecule has 1 aliphatic rings. The van der Waals surface area contributed by atoms with Gasteiger partial charge in [0.25, 0.3) is 0 Å². The molecule has 21 heavy (non-hydrogen) atoms. The van der Waals surface area contributed by atoms with E-state index < -0.39 is 0 Å². The van der Waals surface area contributed by atoms with Crippen molar-refractivity contribution in [2.45, 2.75) is 66.0 Å². The Morgan fingerprint density at radius 3 is 2.67 bits per heavy atom. The first-order valence-corrected chi connectivity index (χ1v) is 8.68. The van der Waals surface area contributed by atoms with Crippen LogP contribution in [0.15, 0.2) is 18.2 Å². The van der Waals surface area contributed by atoms with Gasteiger partial charge in [0.05, 0.1) is 0 Å². The van der Waals surface area contributed by atoms with Crippen LogP contribution >= 0.6 is 0 Å². The van der Waals surface area contributed by atoms with Gasteiger partial charge in [-0.05, 0) is 50.3 Å². The van der Waals surface area contributed by atoms with E-state index >= 15 is 0 Å². The molecule has 118 valence electrons. The zero-order valence-electron chi connectivity index (χ0n) is 14.3. The predicted octanol–water partition coefficient (Wildman–Crippen LogP) is 4.51. The van der Waals surface area contributed by atoms with Crippen molar-refractivity contribution in [2.75, 3.05) is 18.0 Å². The highest BCUT2D eigenvalue weighted by molar-refractivity contribution is 5.56. The molecule has 2 heteroatoms. The minimum atomic E-state index is 0.706. The van der Waals surface area contributed by atoms with Crippen LogP contribution in [0.1, 0.15) is 57.6 Å². The average molecular weight is 288 g/mol. The highest BCUT2D eigenvalue weighted by Gasteiger charge is 2.29. The fourth-order valence-corrected chi connectivity index (χ4v) is 2.85. The van der Waals surface area contributed by atoms with Crippen LogP contribution < -0.4 is 10.2 Å². The number of benzene rings is 1. The highest BCUT2D eigenvalue weighted by Crippen LogP contribution is 2.34. The molecule has 1 saturated carbocycles. The van der Waals surface area contributed by atoms with Crippen molar-refractivity contribution in [1.82, 2.24) is 5.32 Å². The molecule has 2 rings (SSSR count). The third-order valence-corrected chi connectivity index (χ3v) is 4.15. The fourth-order valence-electron chi connectivity index (χ4n) is 2.85. The van der Waals surface area contributed by atoms with Crippen LogP contribution in [0.4, 0.5) is 5.69 Å². The highest BCUT2D eigenvalue weighted by atomic mass is 15.2. The van der Waals surface area contributed by atoms with E-state index in [1.807, 2.05) is 0 Å². The van der Waals surface area contributed by atoms with Gasteiger partial charge in [-0.25, -0.2) is 0 Å². The number of nitrogens with one attached hydrogen (secondary N) is 1. The summed E-state index contributed by atoms with van der Waals surface area (Å²) in [5.74, 6) is 0.706. The largest absolute Gasteiger partial charge is 0.368 e. The second-order valence-corrected chi connectivity index (χ2v) is 6.94. The summed E-state index contributed by atoms with van der Waals surface area (Å²) >= 11 is 0. The zero-order chi connectivity index (χ0) is 15.2. The van der Waals surface area contributed by atoms with Crippen molar-refractivity contribution >= 4 is 5.69 Å². The predicted molar refractivity (Wildman–Crippen MR) is 93.0 cm³/mol. The summed E-state index contributed by atoms with van der Waals surface area (Å²) in [7, 11) is 0.